The molecule has 1 aromatic heterocycles. The molecule has 0 bridgehead atoms. The van der Waals surface area contributed by atoms with Crippen LogP contribution in [0.15, 0.2) is 30.6 Å². The zero-order chi connectivity index (χ0) is 13.1. The molecule has 1 heterocycles. The molecule has 0 saturated heterocycles. The molecule has 0 aliphatic rings. The van der Waals surface area contributed by atoms with Crippen LogP contribution in [0.4, 0.5) is 10.1 Å². The Morgan fingerprint density at radius 1 is 1.22 bits per heavy atom. The molecule has 0 atom stereocenters. The number of aryl methyl sites for hydroxylation is 2. The van der Waals surface area contributed by atoms with E-state index in [0.717, 1.165) is 5.69 Å². The van der Waals surface area contributed by atoms with Crippen LogP contribution in [0, 0.1) is 19.7 Å². The number of halogens is 1. The van der Waals surface area contributed by atoms with Gasteiger partial charge in [0.25, 0.3) is 5.91 Å². The van der Waals surface area contributed by atoms with Crippen molar-refractivity contribution in [2.24, 2.45) is 0 Å². The minimum atomic E-state index is -0.411. The van der Waals surface area contributed by atoms with Crippen LogP contribution in [-0.4, -0.2) is 15.9 Å². The number of nitrogens with one attached hydrogen (secondary N) is 1. The summed E-state index contributed by atoms with van der Waals surface area (Å²) >= 11 is 0. The normalized spacial score (nSPS) is 10.2. The van der Waals surface area contributed by atoms with E-state index in [-0.39, 0.29) is 11.5 Å². The van der Waals surface area contributed by atoms with Crippen molar-refractivity contribution >= 4 is 11.6 Å². The first-order valence-electron chi connectivity index (χ1n) is 5.42. The first-order chi connectivity index (χ1) is 8.56. The van der Waals surface area contributed by atoms with Gasteiger partial charge >= 0.3 is 0 Å². The van der Waals surface area contributed by atoms with Crippen LogP contribution in [-0.2, 0) is 0 Å². The number of hydrogen-bond donors (Lipinski definition) is 1. The second-order valence-electron chi connectivity index (χ2n) is 3.96. The Morgan fingerprint density at radius 3 is 2.61 bits per heavy atom. The molecule has 1 amide bonds. The Balaban J connectivity index is 2.16. The summed E-state index contributed by atoms with van der Waals surface area (Å²) in [6.07, 6.45) is 2.89. The maximum atomic E-state index is 13.3. The van der Waals surface area contributed by atoms with Gasteiger partial charge in [-0.1, -0.05) is 6.07 Å². The van der Waals surface area contributed by atoms with Crippen molar-refractivity contribution < 1.29 is 9.18 Å². The third-order valence-corrected chi connectivity index (χ3v) is 2.44. The Hall–Kier alpha value is -2.30. The Morgan fingerprint density at radius 2 is 2.00 bits per heavy atom. The molecule has 0 unspecified atom stereocenters. The fraction of sp³-hybridized carbons (Fsp3) is 0.154. The highest BCUT2D eigenvalue weighted by atomic mass is 19.1. The van der Waals surface area contributed by atoms with Crippen LogP contribution in [0.25, 0.3) is 0 Å². The number of carbonyl (C=O) groups is 1. The largest absolute Gasteiger partial charge is 0.321 e. The van der Waals surface area contributed by atoms with Crippen molar-refractivity contribution in [3.8, 4) is 0 Å². The van der Waals surface area contributed by atoms with E-state index in [1.165, 1.54) is 18.5 Å². The number of amides is 1. The molecule has 2 rings (SSSR count). The van der Waals surface area contributed by atoms with Gasteiger partial charge in [0, 0.05) is 11.9 Å². The van der Waals surface area contributed by atoms with Crippen LogP contribution < -0.4 is 5.32 Å². The number of carbonyl (C=O) groups excluding carboxylic acids is 1. The highest BCUT2D eigenvalue weighted by molar-refractivity contribution is 6.02. The van der Waals surface area contributed by atoms with E-state index in [1.807, 2.05) is 0 Å². The molecule has 1 N–H and O–H groups in total. The predicted molar refractivity (Wildman–Crippen MR) is 65.9 cm³/mol. The Labute approximate surface area is 104 Å². The van der Waals surface area contributed by atoms with Crippen LogP contribution in [0.1, 0.15) is 21.7 Å². The Bertz CT molecular complexity index is 581. The van der Waals surface area contributed by atoms with Gasteiger partial charge in [-0.25, -0.2) is 9.37 Å². The second kappa shape index (κ2) is 4.91. The van der Waals surface area contributed by atoms with E-state index in [9.17, 15) is 9.18 Å². The van der Waals surface area contributed by atoms with E-state index in [1.54, 1.807) is 26.0 Å². The molecule has 0 aliphatic carbocycles. The van der Waals surface area contributed by atoms with Gasteiger partial charge in [-0.2, -0.15) is 0 Å². The quantitative estimate of drug-likeness (QED) is 0.884. The summed E-state index contributed by atoms with van der Waals surface area (Å²) < 4.78 is 13.3. The lowest BCUT2D eigenvalue weighted by Gasteiger charge is -2.05. The van der Waals surface area contributed by atoms with Crippen molar-refractivity contribution in [2.75, 3.05) is 5.32 Å². The molecule has 0 fully saturated rings. The van der Waals surface area contributed by atoms with Crippen LogP contribution in [0.3, 0.4) is 0 Å². The third-order valence-electron chi connectivity index (χ3n) is 2.44. The summed E-state index contributed by atoms with van der Waals surface area (Å²) in [6, 6.07) is 4.51. The molecule has 92 valence electrons. The number of anilines is 1. The summed E-state index contributed by atoms with van der Waals surface area (Å²) in [4.78, 5) is 19.7. The van der Waals surface area contributed by atoms with Crippen molar-refractivity contribution in [3.63, 3.8) is 0 Å². The summed E-state index contributed by atoms with van der Waals surface area (Å²) in [5.41, 5.74) is 1.85. The third kappa shape index (κ3) is 2.68. The van der Waals surface area contributed by atoms with Crippen molar-refractivity contribution in [2.45, 2.75) is 13.8 Å². The first-order valence-corrected chi connectivity index (χ1v) is 5.42. The minimum Gasteiger partial charge on any atom is -0.321 e. The SMILES string of the molecule is Cc1cnc(C(=O)Nc2ccc(C)c(F)c2)cn1. The molecular weight excluding hydrogens is 233 g/mol. The summed E-state index contributed by atoms with van der Waals surface area (Å²) in [5, 5.41) is 2.56. The molecule has 0 aliphatic heterocycles. The second-order valence-corrected chi connectivity index (χ2v) is 3.96. The van der Waals surface area contributed by atoms with Gasteiger partial charge < -0.3 is 5.32 Å². The van der Waals surface area contributed by atoms with E-state index in [0.29, 0.717) is 11.3 Å². The minimum absolute atomic E-state index is 0.196. The number of nitrogens with zero attached hydrogens (tertiary/aromatic N) is 2. The van der Waals surface area contributed by atoms with Crippen molar-refractivity contribution in [1.82, 2.24) is 9.97 Å². The zero-order valence-electron chi connectivity index (χ0n) is 10.1. The lowest BCUT2D eigenvalue weighted by molar-refractivity contribution is 0.102. The molecule has 0 saturated carbocycles. The number of aromatic nitrogens is 2. The average molecular weight is 245 g/mol. The highest BCUT2D eigenvalue weighted by Gasteiger charge is 2.08. The van der Waals surface area contributed by atoms with Crippen molar-refractivity contribution in [1.29, 1.82) is 0 Å². The van der Waals surface area contributed by atoms with Crippen molar-refractivity contribution in [3.05, 3.63) is 53.4 Å². The van der Waals surface area contributed by atoms with Gasteiger partial charge in [-0.05, 0) is 31.5 Å². The predicted octanol–water partition coefficient (Wildman–Crippen LogP) is 2.48. The average Bonchev–Trinajstić information content (AvgIpc) is 2.34. The fourth-order valence-corrected chi connectivity index (χ4v) is 1.38. The van der Waals surface area contributed by atoms with Crippen LogP contribution >= 0.6 is 0 Å². The van der Waals surface area contributed by atoms with Gasteiger partial charge in [0.05, 0.1) is 11.9 Å². The number of rotatable bonds is 2. The van der Waals surface area contributed by atoms with Crippen LogP contribution in [0.5, 0.6) is 0 Å². The van der Waals surface area contributed by atoms with Gasteiger partial charge in [-0.3, -0.25) is 9.78 Å². The summed E-state index contributed by atoms with van der Waals surface area (Å²) in [6.45, 7) is 3.44. The molecule has 18 heavy (non-hydrogen) atoms. The van der Waals surface area contributed by atoms with E-state index in [4.69, 9.17) is 0 Å². The van der Waals surface area contributed by atoms with Gasteiger partial charge in [0.15, 0.2) is 0 Å². The lowest BCUT2D eigenvalue weighted by atomic mass is 10.2. The Kier molecular flexibility index (Phi) is 3.32. The fourth-order valence-electron chi connectivity index (χ4n) is 1.38. The first kappa shape index (κ1) is 12.2. The monoisotopic (exact) mass is 245 g/mol. The molecule has 0 spiro atoms. The lowest BCUT2D eigenvalue weighted by Crippen LogP contribution is -2.14. The van der Waals surface area contributed by atoms with E-state index in [2.05, 4.69) is 15.3 Å². The molecular formula is C13H12FN3O. The topological polar surface area (TPSA) is 54.9 Å². The molecule has 5 heteroatoms. The van der Waals surface area contributed by atoms with Gasteiger partial charge in [0.2, 0.25) is 0 Å². The smallest absolute Gasteiger partial charge is 0.275 e. The molecule has 0 radical (unpaired) electrons. The zero-order valence-corrected chi connectivity index (χ0v) is 10.1. The van der Waals surface area contributed by atoms with E-state index >= 15 is 0 Å². The van der Waals surface area contributed by atoms with E-state index < -0.39 is 5.91 Å². The number of hydrogen-bond acceptors (Lipinski definition) is 3. The van der Waals surface area contributed by atoms with Gasteiger partial charge in [-0.15, -0.1) is 0 Å². The molecule has 2 aromatic rings. The summed E-state index contributed by atoms with van der Waals surface area (Å²) in [5.74, 6) is -0.770. The molecule has 1 aromatic carbocycles. The number of benzene rings is 1. The highest BCUT2D eigenvalue weighted by Crippen LogP contribution is 2.14. The maximum Gasteiger partial charge on any atom is 0.275 e. The summed E-state index contributed by atoms with van der Waals surface area (Å²) in [7, 11) is 0. The maximum absolute atomic E-state index is 13.3. The molecule has 4 nitrogen and oxygen atoms in total. The standard InChI is InChI=1S/C13H12FN3O/c1-8-3-4-10(5-11(8)14)17-13(18)12-7-15-9(2)6-16-12/h3-7H,1-2H3,(H,17,18). The van der Waals surface area contributed by atoms with Crippen LogP contribution in [0.2, 0.25) is 0 Å². The van der Waals surface area contributed by atoms with Gasteiger partial charge in [0.1, 0.15) is 11.5 Å².